The van der Waals surface area contributed by atoms with Gasteiger partial charge in [0.2, 0.25) is 11.8 Å². The van der Waals surface area contributed by atoms with Crippen LogP contribution >= 0.6 is 0 Å². The van der Waals surface area contributed by atoms with Crippen molar-refractivity contribution in [2.75, 3.05) is 0 Å². The van der Waals surface area contributed by atoms with Gasteiger partial charge in [0.25, 0.3) is 0 Å². The van der Waals surface area contributed by atoms with Gasteiger partial charge in [-0.15, -0.1) is 0 Å². The minimum atomic E-state index is -6.00. The van der Waals surface area contributed by atoms with E-state index < -0.39 is 27.4 Å². The molecule has 2 fully saturated rings. The number of alkyl halides is 3. The first-order valence-corrected chi connectivity index (χ1v) is 7.86. The van der Waals surface area contributed by atoms with Crippen LogP contribution in [0.2, 0.25) is 0 Å². The Bertz CT molecular complexity index is 770. The van der Waals surface area contributed by atoms with Crippen molar-refractivity contribution >= 4 is 10.1 Å². The van der Waals surface area contributed by atoms with Gasteiger partial charge in [-0.3, -0.25) is 4.28 Å². The molecule has 4 atom stereocenters. The Hall–Kier alpha value is -1.62. The zero-order chi connectivity index (χ0) is 16.0. The molecule has 2 heterocycles. The van der Waals surface area contributed by atoms with Crippen LogP contribution in [0.5, 0.6) is 11.8 Å². The maximum atomic E-state index is 12.4. The molecular formula is C11H10F3NO6S. The minimum absolute atomic E-state index is 0.0778. The van der Waals surface area contributed by atoms with Crippen LogP contribution < -0.4 is 4.28 Å². The Morgan fingerprint density at radius 3 is 2.55 bits per heavy atom. The van der Waals surface area contributed by atoms with Gasteiger partial charge >= 0.3 is 15.6 Å². The van der Waals surface area contributed by atoms with Gasteiger partial charge in [-0.2, -0.15) is 21.6 Å². The Balaban J connectivity index is 1.77. The van der Waals surface area contributed by atoms with Crippen molar-refractivity contribution in [3.63, 3.8) is 0 Å². The second-order valence-corrected chi connectivity index (χ2v) is 7.12. The second kappa shape index (κ2) is 3.82. The maximum Gasteiger partial charge on any atom is 0.536 e. The van der Waals surface area contributed by atoms with E-state index in [1.165, 1.54) is 0 Å². The summed E-state index contributed by atoms with van der Waals surface area (Å²) >= 11 is 0. The Morgan fingerprint density at radius 2 is 1.91 bits per heavy atom. The Morgan fingerprint density at radius 1 is 1.23 bits per heavy atom. The number of fused-ring (bicyclic) bond motifs is 6. The van der Waals surface area contributed by atoms with E-state index in [4.69, 9.17) is 4.74 Å². The molecule has 4 unspecified atom stereocenters. The van der Waals surface area contributed by atoms with E-state index in [1.807, 2.05) is 0 Å². The zero-order valence-corrected chi connectivity index (χ0v) is 11.6. The molecule has 0 spiro atoms. The zero-order valence-electron chi connectivity index (χ0n) is 10.7. The molecule has 0 aromatic carbocycles. The van der Waals surface area contributed by atoms with E-state index in [9.17, 15) is 31.8 Å². The number of aromatic hydroxyl groups is 2. The largest absolute Gasteiger partial charge is 0.536 e. The van der Waals surface area contributed by atoms with Gasteiger partial charge in [0, 0.05) is 17.0 Å². The molecule has 1 aromatic rings. The lowest BCUT2D eigenvalue weighted by Gasteiger charge is -2.35. The van der Waals surface area contributed by atoms with Crippen LogP contribution in [0.15, 0.2) is 0 Å². The van der Waals surface area contributed by atoms with Crippen molar-refractivity contribution in [1.82, 2.24) is 4.73 Å². The standard InChI is InChI=1S/C11H10F3NO6S/c12-11(13,14)22(18,19)21-15-9(16)4-2-1-3-5(6(4)10(15)17)8-7(3)20-8/h3,5,7-8,16-17H,1-2H2. The fourth-order valence-corrected chi connectivity index (χ4v) is 3.92. The summed E-state index contributed by atoms with van der Waals surface area (Å²) in [4.78, 5) is 0. The van der Waals surface area contributed by atoms with Crippen LogP contribution in [0.25, 0.3) is 0 Å². The first-order valence-electron chi connectivity index (χ1n) is 6.45. The van der Waals surface area contributed by atoms with E-state index in [0.29, 0.717) is 12.8 Å². The molecule has 0 bridgehead atoms. The molecular weight excluding hydrogens is 331 g/mol. The van der Waals surface area contributed by atoms with Crippen molar-refractivity contribution in [2.45, 2.75) is 36.5 Å². The predicted octanol–water partition coefficient (Wildman–Crippen LogP) is 0.604. The normalized spacial score (nSPS) is 32.5. The van der Waals surface area contributed by atoms with Crippen LogP contribution in [-0.4, -0.2) is 41.1 Å². The van der Waals surface area contributed by atoms with Crippen LogP contribution in [0.4, 0.5) is 13.2 Å². The fourth-order valence-electron chi connectivity index (χ4n) is 3.50. The molecule has 2 N–H and O–H groups in total. The summed E-state index contributed by atoms with van der Waals surface area (Å²) in [6, 6.07) is 0. The molecule has 122 valence electrons. The highest BCUT2D eigenvalue weighted by atomic mass is 32.2. The third kappa shape index (κ3) is 1.57. The number of rotatable bonds is 2. The van der Waals surface area contributed by atoms with Crippen molar-refractivity contribution in [3.8, 4) is 11.8 Å². The summed E-state index contributed by atoms with van der Waals surface area (Å²) in [5, 5.41) is 20.0. The molecule has 1 aromatic heterocycles. The van der Waals surface area contributed by atoms with Gasteiger partial charge in [-0.05, 0) is 18.8 Å². The highest BCUT2D eigenvalue weighted by Crippen LogP contribution is 2.64. The van der Waals surface area contributed by atoms with E-state index in [-0.39, 0.29) is 39.9 Å². The molecule has 1 aliphatic heterocycles. The SMILES string of the molecule is O=S(=O)(On1c(O)c2c(c1O)C1C(CC2)C2OC21)C(F)(F)F. The van der Waals surface area contributed by atoms with Crippen molar-refractivity contribution in [3.05, 3.63) is 11.1 Å². The quantitative estimate of drug-likeness (QED) is 0.604. The van der Waals surface area contributed by atoms with Gasteiger partial charge in [-0.1, -0.05) is 4.73 Å². The van der Waals surface area contributed by atoms with Crippen molar-refractivity contribution < 1.29 is 40.8 Å². The summed E-state index contributed by atoms with van der Waals surface area (Å²) in [7, 11) is -6.00. The number of halogens is 3. The summed E-state index contributed by atoms with van der Waals surface area (Å²) < 4.78 is 68.4. The molecule has 2 aliphatic carbocycles. The summed E-state index contributed by atoms with van der Waals surface area (Å²) in [6.07, 6.45) is 0.888. The highest BCUT2D eigenvalue weighted by molar-refractivity contribution is 7.87. The number of epoxide rings is 1. The van der Waals surface area contributed by atoms with Crippen molar-refractivity contribution in [1.29, 1.82) is 0 Å². The van der Waals surface area contributed by atoms with Crippen LogP contribution in [0.1, 0.15) is 23.5 Å². The van der Waals surface area contributed by atoms with E-state index in [2.05, 4.69) is 4.28 Å². The van der Waals surface area contributed by atoms with E-state index in [1.54, 1.807) is 0 Å². The molecule has 11 heteroatoms. The average molecular weight is 341 g/mol. The van der Waals surface area contributed by atoms with Gasteiger partial charge in [-0.25, -0.2) is 0 Å². The summed E-state index contributed by atoms with van der Waals surface area (Å²) in [5.74, 6) is -1.79. The Labute approximate surface area is 121 Å². The van der Waals surface area contributed by atoms with E-state index in [0.717, 1.165) is 0 Å². The fraction of sp³-hybridized carbons (Fsp3) is 0.636. The smallest absolute Gasteiger partial charge is 0.492 e. The lowest BCUT2D eigenvalue weighted by Crippen LogP contribution is -2.37. The average Bonchev–Trinajstić information content (AvgIpc) is 3.07. The van der Waals surface area contributed by atoms with Gasteiger partial charge in [0.15, 0.2) is 0 Å². The number of hydrogen-bond acceptors (Lipinski definition) is 6. The molecule has 1 saturated carbocycles. The molecule has 4 rings (SSSR count). The first-order chi connectivity index (χ1) is 10.1. The minimum Gasteiger partial charge on any atom is -0.492 e. The molecule has 7 nitrogen and oxygen atoms in total. The lowest BCUT2D eigenvalue weighted by atomic mass is 9.64. The third-order valence-corrected chi connectivity index (χ3v) is 5.45. The lowest BCUT2D eigenvalue weighted by molar-refractivity contribution is -0.0554. The molecule has 0 amide bonds. The maximum absolute atomic E-state index is 12.4. The number of ether oxygens (including phenoxy) is 1. The molecule has 1 saturated heterocycles. The van der Waals surface area contributed by atoms with Crippen LogP contribution in [-0.2, 0) is 21.3 Å². The second-order valence-electron chi connectivity index (χ2n) is 5.60. The first kappa shape index (κ1) is 14.0. The predicted molar refractivity (Wildman–Crippen MR) is 62.5 cm³/mol. The van der Waals surface area contributed by atoms with Gasteiger partial charge in [0.05, 0.1) is 12.2 Å². The van der Waals surface area contributed by atoms with Gasteiger partial charge < -0.3 is 14.9 Å². The molecule has 3 aliphatic rings. The number of aromatic nitrogens is 1. The third-order valence-electron chi connectivity index (χ3n) is 4.54. The summed E-state index contributed by atoms with van der Waals surface area (Å²) in [5.41, 5.74) is -5.25. The number of nitrogens with zero attached hydrogens (tertiary/aromatic N) is 1. The number of hydrogen-bond donors (Lipinski definition) is 2. The topological polar surface area (TPSA) is 101 Å². The van der Waals surface area contributed by atoms with Crippen LogP contribution in [0, 0.1) is 5.92 Å². The van der Waals surface area contributed by atoms with Crippen molar-refractivity contribution in [2.24, 2.45) is 5.92 Å². The summed E-state index contributed by atoms with van der Waals surface area (Å²) in [6.45, 7) is 0. The van der Waals surface area contributed by atoms with Crippen LogP contribution in [0.3, 0.4) is 0 Å². The Kier molecular flexibility index (Phi) is 2.43. The van der Waals surface area contributed by atoms with E-state index >= 15 is 0 Å². The van der Waals surface area contributed by atoms with Gasteiger partial charge in [0.1, 0.15) is 0 Å². The molecule has 22 heavy (non-hydrogen) atoms. The monoisotopic (exact) mass is 341 g/mol. The highest BCUT2D eigenvalue weighted by Gasteiger charge is 2.66. The molecule has 0 radical (unpaired) electrons.